The van der Waals surface area contributed by atoms with Crippen molar-refractivity contribution in [3.05, 3.63) is 23.2 Å². The Hall–Kier alpha value is -0.650. The van der Waals surface area contributed by atoms with E-state index in [2.05, 4.69) is 4.98 Å². The number of rotatable bonds is 2. The number of fused-ring (bicyclic) bond motifs is 1. The summed E-state index contributed by atoms with van der Waals surface area (Å²) in [6.45, 7) is 1.98. The fraction of sp³-hybridized carbons (Fsp3) is 0.222. The SMILES string of the molecule is CCc1nc2cccc(S(=O)(=O)Cl)c2s1. The largest absolute Gasteiger partial charge is 0.262 e. The molecule has 0 aliphatic carbocycles. The first-order chi connectivity index (χ1) is 7.02. The molecule has 15 heavy (non-hydrogen) atoms. The van der Waals surface area contributed by atoms with Gasteiger partial charge in [-0.3, -0.25) is 0 Å². The first-order valence-corrected chi connectivity index (χ1v) is 7.48. The van der Waals surface area contributed by atoms with Crippen LogP contribution in [0.3, 0.4) is 0 Å². The summed E-state index contributed by atoms with van der Waals surface area (Å²) in [6, 6.07) is 4.94. The van der Waals surface area contributed by atoms with E-state index in [9.17, 15) is 8.42 Å². The third-order valence-corrected chi connectivity index (χ3v) is 4.73. The number of benzene rings is 1. The van der Waals surface area contributed by atoms with E-state index in [0.717, 1.165) is 11.4 Å². The second-order valence-corrected chi connectivity index (χ2v) is 6.62. The van der Waals surface area contributed by atoms with Gasteiger partial charge in [-0.25, -0.2) is 13.4 Å². The molecule has 0 saturated heterocycles. The van der Waals surface area contributed by atoms with E-state index < -0.39 is 9.05 Å². The Morgan fingerprint density at radius 2 is 2.20 bits per heavy atom. The molecule has 0 aliphatic rings. The van der Waals surface area contributed by atoms with Gasteiger partial charge in [0.1, 0.15) is 4.90 Å². The van der Waals surface area contributed by atoms with Crippen molar-refractivity contribution in [1.29, 1.82) is 0 Å². The van der Waals surface area contributed by atoms with Crippen LogP contribution in [0, 0.1) is 0 Å². The van der Waals surface area contributed by atoms with Crippen molar-refractivity contribution in [3.63, 3.8) is 0 Å². The molecule has 0 fully saturated rings. The standard InChI is InChI=1S/C9H8ClNO2S2/c1-2-8-11-6-4-3-5-7(9(6)14-8)15(10,12)13/h3-5H,2H2,1H3. The molecule has 3 nitrogen and oxygen atoms in total. The van der Waals surface area contributed by atoms with Gasteiger partial charge in [-0.05, 0) is 18.6 Å². The predicted molar refractivity (Wildman–Crippen MR) is 62.0 cm³/mol. The smallest absolute Gasteiger partial charge is 0.241 e. The van der Waals surface area contributed by atoms with E-state index in [4.69, 9.17) is 10.7 Å². The number of aromatic nitrogens is 1. The number of aryl methyl sites for hydroxylation is 1. The van der Waals surface area contributed by atoms with Gasteiger partial charge >= 0.3 is 0 Å². The van der Waals surface area contributed by atoms with Gasteiger partial charge in [0.15, 0.2) is 0 Å². The lowest BCUT2D eigenvalue weighted by Crippen LogP contribution is -1.89. The molecule has 0 amide bonds. The van der Waals surface area contributed by atoms with Gasteiger partial charge in [-0.2, -0.15) is 0 Å². The Bertz CT molecular complexity index is 604. The Balaban J connectivity index is 2.81. The van der Waals surface area contributed by atoms with Crippen LogP contribution in [0.25, 0.3) is 10.2 Å². The van der Waals surface area contributed by atoms with Crippen LogP contribution in [0.15, 0.2) is 23.1 Å². The zero-order valence-electron chi connectivity index (χ0n) is 7.90. The third kappa shape index (κ3) is 2.00. The first kappa shape index (κ1) is 10.9. The van der Waals surface area contributed by atoms with E-state index in [0.29, 0.717) is 10.2 Å². The lowest BCUT2D eigenvalue weighted by Gasteiger charge is -1.95. The van der Waals surface area contributed by atoms with Crippen molar-refractivity contribution in [2.75, 3.05) is 0 Å². The quantitative estimate of drug-likeness (QED) is 0.781. The molecule has 1 heterocycles. The predicted octanol–water partition coefficient (Wildman–Crippen LogP) is 2.79. The van der Waals surface area contributed by atoms with Crippen LogP contribution in [-0.2, 0) is 15.5 Å². The maximum atomic E-state index is 11.3. The Morgan fingerprint density at radius 3 is 2.80 bits per heavy atom. The van der Waals surface area contributed by atoms with Crippen LogP contribution in [0.5, 0.6) is 0 Å². The summed E-state index contributed by atoms with van der Waals surface area (Å²) in [5, 5.41) is 0.915. The summed E-state index contributed by atoms with van der Waals surface area (Å²) in [5.74, 6) is 0. The topological polar surface area (TPSA) is 47.0 Å². The number of nitrogens with zero attached hydrogens (tertiary/aromatic N) is 1. The van der Waals surface area contributed by atoms with Crippen LogP contribution in [0.1, 0.15) is 11.9 Å². The second-order valence-electron chi connectivity index (χ2n) is 3.00. The van der Waals surface area contributed by atoms with Gasteiger partial charge in [0.25, 0.3) is 9.05 Å². The number of hydrogen-bond donors (Lipinski definition) is 0. The monoisotopic (exact) mass is 261 g/mol. The van der Waals surface area contributed by atoms with Crippen LogP contribution < -0.4 is 0 Å². The Kier molecular flexibility index (Phi) is 2.70. The van der Waals surface area contributed by atoms with Crippen LogP contribution in [0.2, 0.25) is 0 Å². The third-order valence-electron chi connectivity index (χ3n) is 1.99. The van der Waals surface area contributed by atoms with Crippen molar-refractivity contribution >= 4 is 41.3 Å². The minimum absolute atomic E-state index is 0.152. The van der Waals surface area contributed by atoms with Gasteiger partial charge in [-0.1, -0.05) is 13.0 Å². The molecule has 1 aromatic heterocycles. The summed E-state index contributed by atoms with van der Waals surface area (Å²) in [7, 11) is 1.66. The van der Waals surface area contributed by atoms with Gasteiger partial charge in [0, 0.05) is 10.7 Å². The van der Waals surface area contributed by atoms with Crippen molar-refractivity contribution < 1.29 is 8.42 Å². The van der Waals surface area contributed by atoms with E-state index in [1.807, 2.05) is 6.92 Å². The second kappa shape index (κ2) is 3.73. The van der Waals surface area contributed by atoms with E-state index in [1.54, 1.807) is 12.1 Å². The molecule has 0 radical (unpaired) electrons. The van der Waals surface area contributed by atoms with Crippen molar-refractivity contribution in [1.82, 2.24) is 4.98 Å². The van der Waals surface area contributed by atoms with Crippen LogP contribution in [0.4, 0.5) is 0 Å². The summed E-state index contributed by atoms with van der Waals surface area (Å²) < 4.78 is 23.2. The van der Waals surface area contributed by atoms with Gasteiger partial charge in [0.05, 0.1) is 15.2 Å². The van der Waals surface area contributed by atoms with E-state index in [-0.39, 0.29) is 4.90 Å². The zero-order valence-corrected chi connectivity index (χ0v) is 10.3. The summed E-state index contributed by atoms with van der Waals surface area (Å²) in [5.41, 5.74) is 0.693. The minimum atomic E-state index is -3.68. The van der Waals surface area contributed by atoms with Gasteiger partial charge in [-0.15, -0.1) is 11.3 Å². The summed E-state index contributed by atoms with van der Waals surface area (Å²) in [4.78, 5) is 4.45. The maximum absolute atomic E-state index is 11.3. The van der Waals surface area contributed by atoms with E-state index >= 15 is 0 Å². The molecule has 2 rings (SSSR count). The summed E-state index contributed by atoms with van der Waals surface area (Å²) in [6.07, 6.45) is 0.793. The van der Waals surface area contributed by atoms with Gasteiger partial charge in [0.2, 0.25) is 0 Å². The lowest BCUT2D eigenvalue weighted by molar-refractivity contribution is 0.610. The molecule has 2 aromatic rings. The highest BCUT2D eigenvalue weighted by atomic mass is 35.7. The molecule has 80 valence electrons. The average molecular weight is 262 g/mol. The van der Waals surface area contributed by atoms with Crippen LogP contribution in [-0.4, -0.2) is 13.4 Å². The molecule has 0 atom stereocenters. The molecule has 0 unspecified atom stereocenters. The highest BCUT2D eigenvalue weighted by molar-refractivity contribution is 8.14. The Morgan fingerprint density at radius 1 is 1.47 bits per heavy atom. The van der Waals surface area contributed by atoms with Gasteiger partial charge < -0.3 is 0 Å². The number of thiazole rings is 1. The normalized spacial score (nSPS) is 12.1. The average Bonchev–Trinajstić information content (AvgIpc) is 2.57. The Labute approximate surface area is 96.1 Å². The number of halogens is 1. The fourth-order valence-corrected chi connectivity index (χ4v) is 3.77. The van der Waals surface area contributed by atoms with Crippen molar-refractivity contribution in [3.8, 4) is 0 Å². The zero-order chi connectivity index (χ0) is 11.1. The molecule has 6 heteroatoms. The number of hydrogen-bond acceptors (Lipinski definition) is 4. The molecule has 0 saturated carbocycles. The van der Waals surface area contributed by atoms with Crippen LogP contribution >= 0.6 is 22.0 Å². The molecule has 0 bridgehead atoms. The van der Waals surface area contributed by atoms with Crippen molar-refractivity contribution in [2.45, 2.75) is 18.2 Å². The van der Waals surface area contributed by atoms with E-state index in [1.165, 1.54) is 17.4 Å². The molecule has 0 spiro atoms. The highest BCUT2D eigenvalue weighted by Crippen LogP contribution is 2.30. The fourth-order valence-electron chi connectivity index (χ4n) is 1.31. The molecule has 0 N–H and O–H groups in total. The highest BCUT2D eigenvalue weighted by Gasteiger charge is 2.16. The summed E-state index contributed by atoms with van der Waals surface area (Å²) >= 11 is 1.38. The first-order valence-electron chi connectivity index (χ1n) is 4.35. The molecular formula is C9H8ClNO2S2. The molecular weight excluding hydrogens is 254 g/mol. The molecule has 0 aliphatic heterocycles. The molecule has 1 aromatic carbocycles. The lowest BCUT2D eigenvalue weighted by atomic mass is 10.3. The minimum Gasteiger partial charge on any atom is -0.241 e. The van der Waals surface area contributed by atoms with Crippen molar-refractivity contribution in [2.24, 2.45) is 0 Å². The maximum Gasteiger partial charge on any atom is 0.262 e.